The molecule has 0 bridgehead atoms. The molecule has 0 saturated carbocycles. The Labute approximate surface area is 158 Å². The Morgan fingerprint density at radius 1 is 1.15 bits per heavy atom. The Kier molecular flexibility index (Phi) is 7.32. The molecule has 5 nitrogen and oxygen atoms in total. The van der Waals surface area contributed by atoms with Gasteiger partial charge in [0.05, 0.1) is 13.2 Å². The molecule has 0 radical (unpaired) electrons. The first-order valence-electron chi connectivity index (χ1n) is 10.1. The summed E-state index contributed by atoms with van der Waals surface area (Å²) >= 11 is 0. The van der Waals surface area contributed by atoms with Gasteiger partial charge in [0, 0.05) is 46.3 Å². The van der Waals surface area contributed by atoms with E-state index in [4.69, 9.17) is 4.74 Å². The summed E-state index contributed by atoms with van der Waals surface area (Å²) in [7, 11) is 1.90. The first-order chi connectivity index (χ1) is 12.8. The molecule has 2 aliphatic heterocycles. The number of likely N-dealkylation sites (tertiary alicyclic amines) is 1. The summed E-state index contributed by atoms with van der Waals surface area (Å²) in [6, 6.07) is 8.97. The summed E-state index contributed by atoms with van der Waals surface area (Å²) in [6.07, 6.45) is 3.40. The standard InChI is InChI=1S/C21H34N4O/c1-3-18-4-6-19(7-5-18)8-10-23-21(22-2)25-11-9-20(17-25)16-24-12-14-26-15-13-24/h4-7,20H,3,8-17H2,1-2H3,(H,22,23). The maximum absolute atomic E-state index is 5.45. The van der Waals surface area contributed by atoms with Crippen LogP contribution in [0.2, 0.25) is 0 Å². The Hall–Kier alpha value is -1.59. The predicted molar refractivity (Wildman–Crippen MR) is 108 cm³/mol. The third kappa shape index (κ3) is 5.45. The number of aliphatic imine (C=N–C) groups is 1. The number of morpholine rings is 1. The zero-order valence-corrected chi connectivity index (χ0v) is 16.4. The average molecular weight is 359 g/mol. The maximum Gasteiger partial charge on any atom is 0.193 e. The van der Waals surface area contributed by atoms with Crippen LogP contribution in [0.4, 0.5) is 0 Å². The topological polar surface area (TPSA) is 40.1 Å². The Morgan fingerprint density at radius 2 is 1.88 bits per heavy atom. The van der Waals surface area contributed by atoms with Crippen LogP contribution in [0.5, 0.6) is 0 Å². The van der Waals surface area contributed by atoms with E-state index in [9.17, 15) is 0 Å². The number of hydrogen-bond donors (Lipinski definition) is 1. The van der Waals surface area contributed by atoms with Gasteiger partial charge in [-0.05, 0) is 36.3 Å². The number of hydrogen-bond acceptors (Lipinski definition) is 3. The molecule has 5 heteroatoms. The van der Waals surface area contributed by atoms with E-state index in [0.29, 0.717) is 0 Å². The van der Waals surface area contributed by atoms with Gasteiger partial charge in [-0.25, -0.2) is 0 Å². The fourth-order valence-electron chi connectivity index (χ4n) is 3.92. The van der Waals surface area contributed by atoms with Crippen LogP contribution in [0.3, 0.4) is 0 Å². The lowest BCUT2D eigenvalue weighted by Crippen LogP contribution is -2.42. The number of nitrogens with one attached hydrogen (secondary N) is 1. The summed E-state index contributed by atoms with van der Waals surface area (Å²) in [5.41, 5.74) is 2.79. The molecule has 2 fully saturated rings. The molecule has 0 amide bonds. The van der Waals surface area contributed by atoms with E-state index in [1.54, 1.807) is 0 Å². The third-order valence-electron chi connectivity index (χ3n) is 5.55. The van der Waals surface area contributed by atoms with Crippen molar-refractivity contribution in [1.29, 1.82) is 0 Å². The highest BCUT2D eigenvalue weighted by Gasteiger charge is 2.26. The number of nitrogens with zero attached hydrogens (tertiary/aromatic N) is 3. The Balaban J connectivity index is 1.40. The lowest BCUT2D eigenvalue weighted by Gasteiger charge is -2.29. The maximum atomic E-state index is 5.45. The summed E-state index contributed by atoms with van der Waals surface area (Å²) < 4.78 is 5.45. The zero-order chi connectivity index (χ0) is 18.2. The van der Waals surface area contributed by atoms with Gasteiger partial charge in [-0.15, -0.1) is 0 Å². The fraction of sp³-hybridized carbons (Fsp3) is 0.667. The molecule has 2 heterocycles. The lowest BCUT2D eigenvalue weighted by molar-refractivity contribution is 0.0315. The molecule has 2 saturated heterocycles. The number of benzene rings is 1. The summed E-state index contributed by atoms with van der Waals surface area (Å²) in [6.45, 7) is 10.5. The van der Waals surface area contributed by atoms with Gasteiger partial charge in [0.2, 0.25) is 0 Å². The van der Waals surface area contributed by atoms with E-state index in [2.05, 4.69) is 51.3 Å². The minimum absolute atomic E-state index is 0.744. The van der Waals surface area contributed by atoms with Gasteiger partial charge in [0.1, 0.15) is 0 Å². The van der Waals surface area contributed by atoms with Crippen molar-refractivity contribution in [2.75, 3.05) is 59.5 Å². The van der Waals surface area contributed by atoms with E-state index in [1.165, 1.54) is 24.1 Å². The van der Waals surface area contributed by atoms with Crippen molar-refractivity contribution < 1.29 is 4.74 Å². The molecule has 2 aliphatic rings. The van der Waals surface area contributed by atoms with Gasteiger partial charge in [-0.1, -0.05) is 31.2 Å². The minimum atomic E-state index is 0.744. The fourth-order valence-corrected chi connectivity index (χ4v) is 3.92. The predicted octanol–water partition coefficient (Wildman–Crippen LogP) is 2.02. The van der Waals surface area contributed by atoms with Crippen LogP contribution in [0.1, 0.15) is 24.5 Å². The molecular weight excluding hydrogens is 324 g/mol. The molecule has 0 aliphatic carbocycles. The van der Waals surface area contributed by atoms with Crippen LogP contribution in [0, 0.1) is 5.92 Å². The molecule has 3 rings (SSSR count). The van der Waals surface area contributed by atoms with Crippen molar-refractivity contribution in [3.05, 3.63) is 35.4 Å². The van der Waals surface area contributed by atoms with Crippen molar-refractivity contribution in [2.24, 2.45) is 10.9 Å². The highest BCUT2D eigenvalue weighted by atomic mass is 16.5. The van der Waals surface area contributed by atoms with E-state index in [-0.39, 0.29) is 0 Å². The molecular formula is C21H34N4O. The van der Waals surface area contributed by atoms with Crippen molar-refractivity contribution in [1.82, 2.24) is 15.1 Å². The number of aryl methyl sites for hydroxylation is 1. The summed E-state index contributed by atoms with van der Waals surface area (Å²) in [5, 5.41) is 3.55. The van der Waals surface area contributed by atoms with E-state index >= 15 is 0 Å². The van der Waals surface area contributed by atoms with Gasteiger partial charge in [-0.2, -0.15) is 0 Å². The van der Waals surface area contributed by atoms with Crippen LogP contribution >= 0.6 is 0 Å². The van der Waals surface area contributed by atoms with Crippen LogP contribution in [-0.2, 0) is 17.6 Å². The highest BCUT2D eigenvalue weighted by molar-refractivity contribution is 5.80. The second kappa shape index (κ2) is 9.93. The normalized spacial score (nSPS) is 22.0. The summed E-state index contributed by atoms with van der Waals surface area (Å²) in [5.74, 6) is 1.80. The van der Waals surface area contributed by atoms with Gasteiger partial charge in [0.15, 0.2) is 5.96 Å². The smallest absolute Gasteiger partial charge is 0.193 e. The highest BCUT2D eigenvalue weighted by Crippen LogP contribution is 2.18. The Bertz CT molecular complexity index is 566. The van der Waals surface area contributed by atoms with Crippen molar-refractivity contribution in [3.8, 4) is 0 Å². The molecule has 26 heavy (non-hydrogen) atoms. The van der Waals surface area contributed by atoms with Crippen molar-refractivity contribution in [3.63, 3.8) is 0 Å². The number of ether oxygens (including phenoxy) is 1. The van der Waals surface area contributed by atoms with Crippen molar-refractivity contribution in [2.45, 2.75) is 26.2 Å². The third-order valence-corrected chi connectivity index (χ3v) is 5.55. The Morgan fingerprint density at radius 3 is 2.58 bits per heavy atom. The van der Waals surface area contributed by atoms with Crippen LogP contribution in [-0.4, -0.2) is 75.3 Å². The first kappa shape index (κ1) is 19.2. The van der Waals surface area contributed by atoms with Crippen LogP contribution < -0.4 is 5.32 Å². The molecule has 1 aromatic carbocycles. The number of guanidine groups is 1. The monoisotopic (exact) mass is 358 g/mol. The van der Waals surface area contributed by atoms with Gasteiger partial charge in [-0.3, -0.25) is 9.89 Å². The molecule has 1 unspecified atom stereocenters. The van der Waals surface area contributed by atoms with E-state index < -0.39 is 0 Å². The second-order valence-electron chi connectivity index (χ2n) is 7.41. The molecule has 144 valence electrons. The van der Waals surface area contributed by atoms with Crippen LogP contribution in [0.25, 0.3) is 0 Å². The molecule has 0 spiro atoms. The SMILES string of the molecule is CCc1ccc(CCNC(=NC)N2CCC(CN3CCOCC3)C2)cc1. The van der Waals surface area contributed by atoms with Crippen LogP contribution in [0.15, 0.2) is 29.3 Å². The minimum Gasteiger partial charge on any atom is -0.379 e. The first-order valence-corrected chi connectivity index (χ1v) is 10.1. The molecule has 0 aromatic heterocycles. The lowest BCUT2D eigenvalue weighted by atomic mass is 10.1. The van der Waals surface area contributed by atoms with Gasteiger partial charge in [0.25, 0.3) is 0 Å². The zero-order valence-electron chi connectivity index (χ0n) is 16.4. The second-order valence-corrected chi connectivity index (χ2v) is 7.41. The van der Waals surface area contributed by atoms with Crippen molar-refractivity contribution >= 4 is 5.96 Å². The van der Waals surface area contributed by atoms with Gasteiger partial charge >= 0.3 is 0 Å². The largest absolute Gasteiger partial charge is 0.379 e. The molecule has 1 atom stereocenters. The van der Waals surface area contributed by atoms with Gasteiger partial charge < -0.3 is 15.0 Å². The average Bonchev–Trinajstić information content (AvgIpc) is 3.15. The number of rotatable bonds is 6. The molecule has 1 aromatic rings. The van der Waals surface area contributed by atoms with E-state index in [1.807, 2.05) is 7.05 Å². The quantitative estimate of drug-likeness (QED) is 0.624. The van der Waals surface area contributed by atoms with E-state index in [0.717, 1.165) is 70.7 Å². The summed E-state index contributed by atoms with van der Waals surface area (Å²) in [4.78, 5) is 9.48. The molecule has 1 N–H and O–H groups in total.